The van der Waals surface area contributed by atoms with E-state index in [-0.39, 0.29) is 5.63 Å². The highest BCUT2D eigenvalue weighted by atomic mass is 79.9. The Hall–Kier alpha value is -2.08. The van der Waals surface area contributed by atoms with Crippen LogP contribution in [-0.4, -0.2) is 9.78 Å². The van der Waals surface area contributed by atoms with Gasteiger partial charge in [-0.15, -0.1) is 0 Å². The van der Waals surface area contributed by atoms with E-state index < -0.39 is 0 Å². The second kappa shape index (κ2) is 6.67. The van der Waals surface area contributed by atoms with E-state index in [0.29, 0.717) is 29.4 Å². The van der Waals surface area contributed by atoms with E-state index in [1.54, 1.807) is 13.0 Å². The highest BCUT2D eigenvalue weighted by Crippen LogP contribution is 2.32. The van der Waals surface area contributed by atoms with Gasteiger partial charge in [-0.1, -0.05) is 13.8 Å². The van der Waals surface area contributed by atoms with Gasteiger partial charge in [0.1, 0.15) is 23.6 Å². The Morgan fingerprint density at radius 2 is 1.96 bits per heavy atom. The van der Waals surface area contributed by atoms with Crippen molar-refractivity contribution in [1.29, 1.82) is 0 Å². The molecule has 132 valence electrons. The molecule has 3 rings (SSSR count). The standard InChI is InChI=1S/C19H21BrN2O3/c1-10(2)16-6-13(21-22(16)5)9-24-18-8-17-14(7-15(18)20)11(3)12(4)19(23)25-17/h6-8,10H,9H2,1-5H3. The van der Waals surface area contributed by atoms with Crippen LogP contribution in [0.2, 0.25) is 0 Å². The van der Waals surface area contributed by atoms with E-state index in [1.807, 2.05) is 30.8 Å². The summed E-state index contributed by atoms with van der Waals surface area (Å²) in [7, 11) is 1.94. The number of hydrogen-bond donors (Lipinski definition) is 0. The summed E-state index contributed by atoms with van der Waals surface area (Å²) < 4.78 is 14.0. The third-order valence-corrected chi connectivity index (χ3v) is 5.06. The Bertz CT molecular complexity index is 1000. The SMILES string of the molecule is Cc1c(C)c2cc(Br)c(OCc3cc(C(C)C)n(C)n3)cc2oc1=O. The summed E-state index contributed by atoms with van der Waals surface area (Å²) >= 11 is 3.54. The summed E-state index contributed by atoms with van der Waals surface area (Å²) in [4.78, 5) is 11.9. The van der Waals surface area contributed by atoms with Crippen molar-refractivity contribution in [2.75, 3.05) is 0 Å². The Kier molecular flexibility index (Phi) is 4.73. The number of benzene rings is 1. The molecule has 2 heterocycles. The van der Waals surface area contributed by atoms with Gasteiger partial charge in [-0.05, 0) is 53.4 Å². The minimum absolute atomic E-state index is 0.315. The number of aromatic nitrogens is 2. The Balaban J connectivity index is 1.91. The van der Waals surface area contributed by atoms with Gasteiger partial charge in [0, 0.05) is 29.8 Å². The molecule has 0 N–H and O–H groups in total. The summed E-state index contributed by atoms with van der Waals surface area (Å²) in [5.74, 6) is 1.02. The van der Waals surface area contributed by atoms with E-state index in [9.17, 15) is 4.79 Å². The highest BCUT2D eigenvalue weighted by molar-refractivity contribution is 9.10. The Morgan fingerprint density at radius 3 is 2.60 bits per heavy atom. The zero-order chi connectivity index (χ0) is 18.3. The molecule has 0 spiro atoms. The van der Waals surface area contributed by atoms with Crippen LogP contribution in [0.1, 0.15) is 42.3 Å². The van der Waals surface area contributed by atoms with Crippen molar-refractivity contribution >= 4 is 26.9 Å². The second-order valence-electron chi connectivity index (χ2n) is 6.55. The number of nitrogens with zero attached hydrogens (tertiary/aromatic N) is 2. The number of hydrogen-bond acceptors (Lipinski definition) is 4. The first-order valence-corrected chi connectivity index (χ1v) is 8.96. The maximum atomic E-state index is 11.9. The molecule has 0 saturated heterocycles. The first kappa shape index (κ1) is 17.7. The van der Waals surface area contributed by atoms with Crippen molar-refractivity contribution in [3.05, 3.63) is 55.6 Å². The van der Waals surface area contributed by atoms with Crippen LogP contribution in [0.4, 0.5) is 0 Å². The van der Waals surface area contributed by atoms with Gasteiger partial charge in [-0.2, -0.15) is 5.10 Å². The average Bonchev–Trinajstić information content (AvgIpc) is 2.93. The van der Waals surface area contributed by atoms with Crippen LogP contribution in [0.3, 0.4) is 0 Å². The largest absolute Gasteiger partial charge is 0.486 e. The van der Waals surface area contributed by atoms with Gasteiger partial charge in [0.05, 0.1) is 4.47 Å². The molecule has 1 aromatic carbocycles. The molecule has 0 aliphatic heterocycles. The quantitative estimate of drug-likeness (QED) is 0.595. The molecule has 0 radical (unpaired) electrons. The van der Waals surface area contributed by atoms with Crippen LogP contribution in [0.5, 0.6) is 5.75 Å². The average molecular weight is 405 g/mol. The molecular weight excluding hydrogens is 384 g/mol. The van der Waals surface area contributed by atoms with E-state index in [1.165, 1.54) is 0 Å². The van der Waals surface area contributed by atoms with Crippen molar-refractivity contribution in [3.8, 4) is 5.75 Å². The van der Waals surface area contributed by atoms with Gasteiger partial charge in [-0.25, -0.2) is 4.79 Å². The lowest BCUT2D eigenvalue weighted by atomic mass is 10.1. The summed E-state index contributed by atoms with van der Waals surface area (Å²) in [5.41, 5.74) is 3.78. The van der Waals surface area contributed by atoms with Crippen LogP contribution >= 0.6 is 15.9 Å². The predicted molar refractivity (Wildman–Crippen MR) is 101 cm³/mol. The monoisotopic (exact) mass is 404 g/mol. The third kappa shape index (κ3) is 3.35. The molecule has 0 bridgehead atoms. The van der Waals surface area contributed by atoms with Gasteiger partial charge >= 0.3 is 5.63 Å². The maximum Gasteiger partial charge on any atom is 0.339 e. The van der Waals surface area contributed by atoms with Crippen molar-refractivity contribution < 1.29 is 9.15 Å². The fourth-order valence-electron chi connectivity index (χ4n) is 2.86. The molecule has 0 saturated carbocycles. The van der Waals surface area contributed by atoms with Crippen molar-refractivity contribution in [3.63, 3.8) is 0 Å². The lowest BCUT2D eigenvalue weighted by Crippen LogP contribution is -2.06. The van der Waals surface area contributed by atoms with Gasteiger partial charge in [0.15, 0.2) is 0 Å². The zero-order valence-electron chi connectivity index (χ0n) is 15.0. The molecule has 25 heavy (non-hydrogen) atoms. The number of rotatable bonds is 4. The molecule has 0 amide bonds. The van der Waals surface area contributed by atoms with Crippen LogP contribution in [0.15, 0.2) is 31.9 Å². The van der Waals surface area contributed by atoms with Gasteiger partial charge in [0.25, 0.3) is 0 Å². The molecule has 0 fully saturated rings. The molecule has 0 aliphatic carbocycles. The molecule has 6 heteroatoms. The summed E-state index contributed by atoms with van der Waals surface area (Å²) in [6, 6.07) is 5.72. The summed E-state index contributed by atoms with van der Waals surface area (Å²) in [6.45, 7) is 8.30. The number of fused-ring (bicyclic) bond motifs is 1. The minimum Gasteiger partial charge on any atom is -0.486 e. The summed E-state index contributed by atoms with van der Waals surface area (Å²) in [5, 5.41) is 5.38. The van der Waals surface area contributed by atoms with Gasteiger partial charge in [-0.3, -0.25) is 4.68 Å². The van der Waals surface area contributed by atoms with E-state index in [0.717, 1.165) is 26.8 Å². The minimum atomic E-state index is -0.315. The first-order valence-electron chi connectivity index (χ1n) is 8.17. The Morgan fingerprint density at radius 1 is 1.24 bits per heavy atom. The van der Waals surface area contributed by atoms with Crippen molar-refractivity contribution in [1.82, 2.24) is 9.78 Å². The van der Waals surface area contributed by atoms with E-state index in [4.69, 9.17) is 9.15 Å². The molecule has 0 unspecified atom stereocenters. The lowest BCUT2D eigenvalue weighted by Gasteiger charge is -2.10. The van der Waals surface area contributed by atoms with E-state index >= 15 is 0 Å². The van der Waals surface area contributed by atoms with Crippen LogP contribution in [0.25, 0.3) is 11.0 Å². The van der Waals surface area contributed by atoms with Crippen LogP contribution in [-0.2, 0) is 13.7 Å². The predicted octanol–water partition coefficient (Wildman–Crippen LogP) is 4.61. The van der Waals surface area contributed by atoms with Crippen molar-refractivity contribution in [2.45, 2.75) is 40.2 Å². The molecular formula is C19H21BrN2O3. The molecule has 0 aliphatic rings. The second-order valence-corrected chi connectivity index (χ2v) is 7.40. The molecule has 3 aromatic rings. The number of halogens is 1. The van der Waals surface area contributed by atoms with E-state index in [2.05, 4.69) is 34.9 Å². The lowest BCUT2D eigenvalue weighted by molar-refractivity contribution is 0.298. The fourth-order valence-corrected chi connectivity index (χ4v) is 3.32. The molecule has 5 nitrogen and oxygen atoms in total. The Labute approximate surface area is 154 Å². The maximum absolute atomic E-state index is 11.9. The van der Waals surface area contributed by atoms with Gasteiger partial charge < -0.3 is 9.15 Å². The number of aryl methyl sites for hydroxylation is 2. The molecule has 0 atom stereocenters. The normalized spacial score (nSPS) is 11.5. The molecule has 2 aromatic heterocycles. The smallest absolute Gasteiger partial charge is 0.339 e. The first-order chi connectivity index (χ1) is 11.8. The topological polar surface area (TPSA) is 57.3 Å². The fraction of sp³-hybridized carbons (Fsp3) is 0.368. The summed E-state index contributed by atoms with van der Waals surface area (Å²) in [6.07, 6.45) is 0. The van der Waals surface area contributed by atoms with Crippen molar-refractivity contribution in [2.24, 2.45) is 7.05 Å². The third-order valence-electron chi connectivity index (χ3n) is 4.44. The number of ether oxygens (including phenoxy) is 1. The van der Waals surface area contributed by atoms with Crippen LogP contribution in [0, 0.1) is 13.8 Å². The highest BCUT2D eigenvalue weighted by Gasteiger charge is 2.13. The van der Waals surface area contributed by atoms with Gasteiger partial charge in [0.2, 0.25) is 0 Å². The zero-order valence-corrected chi connectivity index (χ0v) is 16.6. The van der Waals surface area contributed by atoms with Crippen LogP contribution < -0.4 is 10.4 Å².